The smallest absolute Gasteiger partial charge is 0.258 e. The lowest BCUT2D eigenvalue weighted by molar-refractivity contribution is -0.131. The molecule has 1 fully saturated rings. The van der Waals surface area contributed by atoms with Crippen LogP contribution in [0.4, 0.5) is 8.78 Å². The minimum Gasteiger partial charge on any atom is -0.483 e. The van der Waals surface area contributed by atoms with E-state index in [1.807, 2.05) is 30.3 Å². The Kier molecular flexibility index (Phi) is 4.04. The molecule has 116 valence electrons. The van der Waals surface area contributed by atoms with Gasteiger partial charge in [-0.1, -0.05) is 30.3 Å². The maximum Gasteiger partial charge on any atom is 0.258 e. The summed E-state index contributed by atoms with van der Waals surface area (Å²) in [4.78, 5) is 11.7. The van der Waals surface area contributed by atoms with E-state index in [1.54, 1.807) is 6.07 Å². The van der Waals surface area contributed by atoms with E-state index >= 15 is 0 Å². The molecule has 0 spiro atoms. The molecule has 1 aliphatic rings. The van der Waals surface area contributed by atoms with Crippen LogP contribution >= 0.6 is 15.9 Å². The molecule has 0 aromatic heterocycles. The second-order valence-electron chi connectivity index (χ2n) is 5.42. The van der Waals surface area contributed by atoms with Gasteiger partial charge in [-0.3, -0.25) is 4.79 Å². The Bertz CT molecular complexity index is 712. The van der Waals surface area contributed by atoms with Gasteiger partial charge in [0.05, 0.1) is 4.47 Å². The number of halogens is 3. The quantitative estimate of drug-likeness (QED) is 0.887. The van der Waals surface area contributed by atoms with Crippen LogP contribution in [0, 0.1) is 0 Å². The first kappa shape index (κ1) is 15.2. The summed E-state index contributed by atoms with van der Waals surface area (Å²) in [5.41, 5.74) is 0. The van der Waals surface area contributed by atoms with E-state index in [2.05, 4.69) is 21.2 Å². The van der Waals surface area contributed by atoms with Crippen LogP contribution < -0.4 is 10.1 Å². The lowest BCUT2D eigenvalue weighted by Gasteiger charge is -2.35. The average Bonchev–Trinajstić information content (AvgIpc) is 2.45. The highest BCUT2D eigenvalue weighted by Gasteiger charge is 2.45. The predicted molar refractivity (Wildman–Crippen MR) is 83.3 cm³/mol. The fourth-order valence-corrected chi connectivity index (χ4v) is 3.11. The lowest BCUT2D eigenvalue weighted by atomic mass is 9.88. The fourth-order valence-electron chi connectivity index (χ4n) is 2.50. The summed E-state index contributed by atoms with van der Waals surface area (Å²) in [5.74, 6) is -2.48. The van der Waals surface area contributed by atoms with Crippen LogP contribution in [0.1, 0.15) is 12.8 Å². The zero-order chi connectivity index (χ0) is 15.7. The molecule has 1 aliphatic carbocycles. The molecule has 1 N–H and O–H groups in total. The summed E-state index contributed by atoms with van der Waals surface area (Å²) in [5, 5.41) is 4.58. The van der Waals surface area contributed by atoms with E-state index in [-0.39, 0.29) is 25.4 Å². The Morgan fingerprint density at radius 1 is 1.27 bits per heavy atom. The van der Waals surface area contributed by atoms with Gasteiger partial charge in [0.2, 0.25) is 0 Å². The SMILES string of the molecule is O=C(COc1ccc2ccccc2c1Br)NC1CC(F)(F)C1. The molecule has 3 rings (SSSR count). The predicted octanol–water partition coefficient (Wildman–Crippen LogP) is 3.90. The van der Waals surface area contributed by atoms with Gasteiger partial charge in [0.15, 0.2) is 6.61 Å². The van der Waals surface area contributed by atoms with E-state index in [9.17, 15) is 13.6 Å². The van der Waals surface area contributed by atoms with Gasteiger partial charge in [-0.15, -0.1) is 0 Å². The number of nitrogens with one attached hydrogen (secondary N) is 1. The molecule has 1 saturated carbocycles. The molecule has 2 aromatic carbocycles. The number of alkyl halides is 2. The standard InChI is InChI=1S/C16H14BrF2NO2/c17-15-12-4-2-1-3-10(12)5-6-13(15)22-9-14(21)20-11-7-16(18,19)8-11/h1-6,11H,7-9H2,(H,20,21). The molecular formula is C16H14BrF2NO2. The monoisotopic (exact) mass is 369 g/mol. The molecule has 0 heterocycles. The van der Waals surface area contributed by atoms with E-state index in [4.69, 9.17) is 4.74 Å². The molecule has 3 nitrogen and oxygen atoms in total. The van der Waals surface area contributed by atoms with Crippen LogP contribution in [0.3, 0.4) is 0 Å². The van der Waals surface area contributed by atoms with Gasteiger partial charge in [0.1, 0.15) is 5.75 Å². The number of fused-ring (bicyclic) bond motifs is 1. The summed E-state index contributed by atoms with van der Waals surface area (Å²) in [6.45, 7) is -0.195. The summed E-state index contributed by atoms with van der Waals surface area (Å²) in [6.07, 6.45) is -0.586. The molecule has 2 aromatic rings. The third-order valence-corrected chi connectivity index (χ3v) is 4.46. The third kappa shape index (κ3) is 3.21. The number of hydrogen-bond acceptors (Lipinski definition) is 2. The lowest BCUT2D eigenvalue weighted by Crippen LogP contribution is -2.51. The van der Waals surface area contributed by atoms with Crippen LogP contribution in [-0.2, 0) is 4.79 Å². The first-order valence-corrected chi connectivity index (χ1v) is 7.71. The maximum atomic E-state index is 12.7. The number of benzene rings is 2. The van der Waals surface area contributed by atoms with Gasteiger partial charge >= 0.3 is 0 Å². The molecule has 0 bridgehead atoms. The number of carbonyl (C=O) groups excluding carboxylic acids is 1. The van der Waals surface area contributed by atoms with Crippen LogP contribution in [-0.4, -0.2) is 24.5 Å². The van der Waals surface area contributed by atoms with Crippen molar-refractivity contribution < 1.29 is 18.3 Å². The van der Waals surface area contributed by atoms with Crippen molar-refractivity contribution in [2.75, 3.05) is 6.61 Å². The molecule has 0 radical (unpaired) electrons. The number of carbonyl (C=O) groups is 1. The van der Waals surface area contributed by atoms with Crippen molar-refractivity contribution in [1.82, 2.24) is 5.32 Å². The zero-order valence-corrected chi connectivity index (χ0v) is 13.2. The number of hydrogen-bond donors (Lipinski definition) is 1. The number of ether oxygens (including phenoxy) is 1. The Hall–Kier alpha value is -1.69. The Morgan fingerprint density at radius 2 is 2.00 bits per heavy atom. The highest BCUT2D eigenvalue weighted by Crippen LogP contribution is 2.37. The molecule has 6 heteroatoms. The summed E-state index contributed by atoms with van der Waals surface area (Å²) in [6, 6.07) is 11.0. The molecule has 0 atom stereocenters. The Balaban J connectivity index is 1.59. The minimum absolute atomic E-state index is 0.195. The summed E-state index contributed by atoms with van der Waals surface area (Å²) < 4.78 is 31.7. The molecule has 0 unspecified atom stereocenters. The first-order chi connectivity index (χ1) is 10.4. The third-order valence-electron chi connectivity index (χ3n) is 3.64. The topological polar surface area (TPSA) is 38.3 Å². The molecule has 22 heavy (non-hydrogen) atoms. The molecule has 0 aliphatic heterocycles. The molecular weight excluding hydrogens is 356 g/mol. The van der Waals surface area contributed by atoms with E-state index in [1.165, 1.54) is 0 Å². The van der Waals surface area contributed by atoms with Crippen molar-refractivity contribution in [2.45, 2.75) is 24.8 Å². The molecule has 0 saturated heterocycles. The van der Waals surface area contributed by atoms with Crippen LogP contribution in [0.25, 0.3) is 10.8 Å². The van der Waals surface area contributed by atoms with Crippen molar-refractivity contribution in [2.24, 2.45) is 0 Å². The highest BCUT2D eigenvalue weighted by molar-refractivity contribution is 9.10. The van der Waals surface area contributed by atoms with Gasteiger partial charge in [0, 0.05) is 18.9 Å². The van der Waals surface area contributed by atoms with Crippen LogP contribution in [0.15, 0.2) is 40.9 Å². The highest BCUT2D eigenvalue weighted by atomic mass is 79.9. The minimum atomic E-state index is -2.64. The maximum absolute atomic E-state index is 12.7. The van der Waals surface area contributed by atoms with Crippen molar-refractivity contribution in [3.8, 4) is 5.75 Å². The Morgan fingerprint density at radius 3 is 2.73 bits per heavy atom. The second-order valence-corrected chi connectivity index (χ2v) is 6.21. The van der Waals surface area contributed by atoms with Crippen molar-refractivity contribution in [3.05, 3.63) is 40.9 Å². The normalized spacial score (nSPS) is 17.0. The van der Waals surface area contributed by atoms with E-state index < -0.39 is 12.0 Å². The first-order valence-electron chi connectivity index (χ1n) is 6.92. The number of amides is 1. The van der Waals surface area contributed by atoms with Gasteiger partial charge in [-0.2, -0.15) is 0 Å². The van der Waals surface area contributed by atoms with Crippen LogP contribution in [0.2, 0.25) is 0 Å². The van der Waals surface area contributed by atoms with Gasteiger partial charge in [-0.05, 0) is 32.8 Å². The average molecular weight is 370 g/mol. The van der Waals surface area contributed by atoms with Gasteiger partial charge in [0.25, 0.3) is 11.8 Å². The Labute approximate surface area is 134 Å². The number of rotatable bonds is 4. The molecule has 1 amide bonds. The summed E-state index contributed by atoms with van der Waals surface area (Å²) in [7, 11) is 0. The van der Waals surface area contributed by atoms with Crippen molar-refractivity contribution in [1.29, 1.82) is 0 Å². The van der Waals surface area contributed by atoms with Gasteiger partial charge in [-0.25, -0.2) is 8.78 Å². The summed E-state index contributed by atoms with van der Waals surface area (Å²) >= 11 is 3.47. The van der Waals surface area contributed by atoms with Crippen molar-refractivity contribution in [3.63, 3.8) is 0 Å². The van der Waals surface area contributed by atoms with Gasteiger partial charge < -0.3 is 10.1 Å². The largest absolute Gasteiger partial charge is 0.483 e. The van der Waals surface area contributed by atoms with E-state index in [0.717, 1.165) is 15.2 Å². The zero-order valence-electron chi connectivity index (χ0n) is 11.6. The fraction of sp³-hybridized carbons (Fsp3) is 0.312. The van der Waals surface area contributed by atoms with E-state index in [0.29, 0.717) is 5.75 Å². The van der Waals surface area contributed by atoms with Crippen LogP contribution in [0.5, 0.6) is 5.75 Å². The second kappa shape index (κ2) is 5.83. The van der Waals surface area contributed by atoms with Crippen molar-refractivity contribution >= 4 is 32.6 Å².